The summed E-state index contributed by atoms with van der Waals surface area (Å²) < 4.78 is 28.7. The molecular weight excluding hydrogens is 989 g/mol. The third-order valence-electron chi connectivity index (χ3n) is 14.3. The number of nitrogens with zero attached hydrogens (tertiary/aromatic N) is 4. The second-order valence-corrected chi connectivity index (χ2v) is 23.3. The Hall–Kier alpha value is -5.56. The molecule has 3 aliphatic rings. The molecule has 0 aliphatic carbocycles. The molecule has 4 heterocycles. The summed E-state index contributed by atoms with van der Waals surface area (Å²) in [5.41, 5.74) is 2.19. The van der Waals surface area contributed by atoms with Crippen molar-refractivity contribution in [2.75, 3.05) is 46.2 Å². The Morgan fingerprint density at radius 2 is 1.55 bits per heavy atom. The molecule has 0 bridgehead atoms. The van der Waals surface area contributed by atoms with Crippen LogP contribution in [-0.4, -0.2) is 115 Å². The zero-order valence-electron chi connectivity index (χ0n) is 43.4. The van der Waals surface area contributed by atoms with Crippen LogP contribution in [0.4, 0.5) is 0 Å². The van der Waals surface area contributed by atoms with Crippen LogP contribution in [0, 0.1) is 24.2 Å². The topological polar surface area (TPSA) is 164 Å². The lowest BCUT2D eigenvalue weighted by atomic mass is 9.79. The summed E-state index contributed by atoms with van der Waals surface area (Å²) in [6, 6.07) is 18.0. The summed E-state index contributed by atoms with van der Waals surface area (Å²) in [7, 11) is 8.78. The van der Waals surface area contributed by atoms with Gasteiger partial charge in [-0.3, -0.25) is 19.3 Å². The minimum atomic E-state index is -0.821. The van der Waals surface area contributed by atoms with Crippen molar-refractivity contribution in [3.8, 4) is 23.0 Å². The molecule has 388 valence electrons. The molecule has 2 radical (unpaired) electrons. The molecule has 0 spiro atoms. The summed E-state index contributed by atoms with van der Waals surface area (Å²) >= 11 is 10.0. The summed E-state index contributed by atoms with van der Waals surface area (Å²) in [6.07, 6.45) is 1.71. The smallest absolute Gasteiger partial charge is 0.378 e. The highest BCUT2D eigenvalue weighted by Crippen LogP contribution is 2.47. The molecule has 3 aromatic carbocycles. The Labute approximate surface area is 443 Å². The van der Waals surface area contributed by atoms with Gasteiger partial charge in [-0.05, 0) is 74.2 Å². The molecule has 2 amide bonds. The maximum absolute atomic E-state index is 14.5. The number of halogens is 1. The lowest BCUT2D eigenvalue weighted by Crippen LogP contribution is -2.63. The molecule has 7 rings (SSSR count). The molecule has 3 atom stereocenters. The predicted molar refractivity (Wildman–Crippen MR) is 284 cm³/mol. The standard InChI is InChI=1S/C54H65BClN5O10S2/c1-32(2)41(58-49(63)39-21-22-44(68-28-34-13-17-37(66-9)18-14-34)48(45(39)56)69-29-35-15-19-38(67-10)20-16-35)27-61(23-11-12-24-61)26-36-30-73-51-40(50(64)60(51)47(36)52(65)70-55)25-43(62)46(42-31-72-33(3)57-42)59-71-54(7,8)53(4,5)6/h13-22,31-32,40-41,51H,11-12,23-30H2,1-10H3/p+1/b59-46-/t40-,41-,51-/m1/s1. The first kappa shape index (κ1) is 55.2. The summed E-state index contributed by atoms with van der Waals surface area (Å²) in [5.74, 6) is -0.277. The average molecular weight is 1060 g/mol. The van der Waals surface area contributed by atoms with E-state index in [1.165, 1.54) is 28.0 Å². The number of ketones is 1. The first-order chi connectivity index (χ1) is 34.7. The largest absolute Gasteiger partial charge is 0.539 e. The maximum atomic E-state index is 14.5. The minimum absolute atomic E-state index is 0.00870. The number of β-lactam (4-membered cyclic amide) rings is 1. The van der Waals surface area contributed by atoms with Gasteiger partial charge in [-0.15, -0.1) is 23.1 Å². The first-order valence-electron chi connectivity index (χ1n) is 24.5. The number of ether oxygens (including phenoxy) is 4. The van der Waals surface area contributed by atoms with Crippen molar-refractivity contribution < 1.29 is 52.1 Å². The molecule has 15 nitrogen and oxygen atoms in total. The van der Waals surface area contributed by atoms with Gasteiger partial charge in [-0.1, -0.05) is 75.6 Å². The van der Waals surface area contributed by atoms with Crippen molar-refractivity contribution in [1.82, 2.24) is 15.2 Å². The van der Waals surface area contributed by atoms with Crippen LogP contribution in [0.25, 0.3) is 0 Å². The zero-order chi connectivity index (χ0) is 52.8. The molecule has 73 heavy (non-hydrogen) atoms. The molecule has 2 fully saturated rings. The SMILES string of the molecule is [B]OC(=O)C1=C(C[N+]2(C[C@@H](NC(=O)c3ccc(OCc4ccc(OC)cc4)c(OCc4ccc(OC)cc4)c3Cl)C(C)C)CCCC2)CS[C@@H]2[C@H](CC(=O)/C(=N\OC(C)(C)C(C)(C)C)c3csc(C)n3)C(=O)N12. The fraction of sp³-hybridized carbons (Fsp3) is 0.481. The number of amides is 2. The lowest BCUT2D eigenvalue weighted by molar-refractivity contribution is -0.913. The number of carbonyl (C=O) groups is 4. The van der Waals surface area contributed by atoms with E-state index in [9.17, 15) is 19.2 Å². The number of aryl methyl sites for hydroxylation is 1. The number of hydrogen-bond donors (Lipinski definition) is 1. The van der Waals surface area contributed by atoms with Crippen LogP contribution >= 0.6 is 34.7 Å². The van der Waals surface area contributed by atoms with Crippen molar-refractivity contribution in [2.24, 2.45) is 22.4 Å². The first-order valence-corrected chi connectivity index (χ1v) is 26.8. The van der Waals surface area contributed by atoms with Crippen LogP contribution in [0.5, 0.6) is 23.0 Å². The number of carbonyl (C=O) groups excluding carboxylic acids is 4. The minimum Gasteiger partial charge on any atom is -0.539 e. The molecule has 2 saturated heterocycles. The van der Waals surface area contributed by atoms with Crippen molar-refractivity contribution in [3.63, 3.8) is 0 Å². The van der Waals surface area contributed by atoms with Crippen LogP contribution in [0.1, 0.15) is 99.9 Å². The number of thiazole rings is 1. The number of quaternary nitrogens is 1. The summed E-state index contributed by atoms with van der Waals surface area (Å²) in [6.45, 7) is 18.7. The van der Waals surface area contributed by atoms with E-state index in [1.54, 1.807) is 31.7 Å². The highest BCUT2D eigenvalue weighted by Gasteiger charge is 2.55. The number of fused-ring (bicyclic) bond motifs is 1. The van der Waals surface area contributed by atoms with Gasteiger partial charge in [0.05, 0.1) is 66.8 Å². The number of methoxy groups -OCH3 is 2. The van der Waals surface area contributed by atoms with Gasteiger partial charge in [-0.25, -0.2) is 9.78 Å². The van der Waals surface area contributed by atoms with Crippen LogP contribution in [0.2, 0.25) is 5.02 Å². The van der Waals surface area contributed by atoms with Gasteiger partial charge < -0.3 is 38.2 Å². The van der Waals surface area contributed by atoms with Crippen molar-refractivity contribution in [2.45, 2.75) is 105 Å². The highest BCUT2D eigenvalue weighted by atomic mass is 35.5. The average Bonchev–Trinajstić information content (AvgIpc) is 4.02. The van der Waals surface area contributed by atoms with E-state index in [0.29, 0.717) is 40.5 Å². The van der Waals surface area contributed by atoms with E-state index in [2.05, 4.69) is 29.3 Å². The van der Waals surface area contributed by atoms with E-state index in [-0.39, 0.29) is 82.4 Å². The van der Waals surface area contributed by atoms with Crippen LogP contribution in [-0.2, 0) is 37.1 Å². The number of Topliss-reactive ketones (excluding diaryl/α,β-unsaturated/α-hetero) is 1. The van der Waals surface area contributed by atoms with Gasteiger partial charge in [0.1, 0.15) is 48.2 Å². The van der Waals surface area contributed by atoms with Gasteiger partial charge in [0, 0.05) is 41.4 Å². The number of rotatable bonds is 22. The van der Waals surface area contributed by atoms with Gasteiger partial charge in [0.2, 0.25) is 5.91 Å². The van der Waals surface area contributed by atoms with E-state index in [1.807, 2.05) is 90.1 Å². The molecule has 0 saturated carbocycles. The quantitative estimate of drug-likeness (QED) is 0.0261. The van der Waals surface area contributed by atoms with Crippen LogP contribution in [0.15, 0.2) is 82.5 Å². The molecule has 4 aromatic rings. The Morgan fingerprint density at radius 3 is 2.10 bits per heavy atom. The maximum Gasteiger partial charge on any atom is 0.378 e. The van der Waals surface area contributed by atoms with Gasteiger partial charge in [0.15, 0.2) is 23.0 Å². The fourth-order valence-corrected chi connectivity index (χ4v) is 11.2. The van der Waals surface area contributed by atoms with Gasteiger partial charge >= 0.3 is 14.0 Å². The third-order valence-corrected chi connectivity index (χ3v) is 16.9. The van der Waals surface area contributed by atoms with E-state index in [0.717, 1.165) is 53.4 Å². The van der Waals surface area contributed by atoms with Crippen LogP contribution in [0.3, 0.4) is 0 Å². The monoisotopic (exact) mass is 1050 g/mol. The molecular formula is C54H66BClN5O10S2+. The fourth-order valence-electron chi connectivity index (χ4n) is 8.91. The second kappa shape index (κ2) is 23.3. The number of nitrogens with one attached hydrogen (secondary N) is 1. The van der Waals surface area contributed by atoms with Crippen molar-refractivity contribution >= 4 is 72.0 Å². The van der Waals surface area contributed by atoms with Crippen LogP contribution < -0.4 is 24.3 Å². The number of aromatic nitrogens is 1. The number of thioether (sulfide) groups is 1. The van der Waals surface area contributed by atoms with Gasteiger partial charge in [0.25, 0.3) is 5.91 Å². The molecule has 19 heteroatoms. The van der Waals surface area contributed by atoms with Gasteiger partial charge in [-0.2, -0.15) is 0 Å². The Kier molecular flexibility index (Phi) is 17.6. The second-order valence-electron chi connectivity index (χ2n) is 20.7. The molecule has 1 aromatic heterocycles. The van der Waals surface area contributed by atoms with E-state index < -0.39 is 22.9 Å². The van der Waals surface area contributed by atoms with Crippen molar-refractivity contribution in [1.29, 1.82) is 0 Å². The normalized spacial score (nSPS) is 18.2. The predicted octanol–water partition coefficient (Wildman–Crippen LogP) is 9.26. The molecule has 1 N–H and O–H groups in total. The Bertz CT molecular complexity index is 2720. The Balaban J connectivity index is 1.09. The van der Waals surface area contributed by atoms with E-state index in [4.69, 9.17) is 48.1 Å². The molecule has 0 unspecified atom stereocenters. The number of oxime groups is 1. The lowest BCUT2D eigenvalue weighted by Gasteiger charge is -2.50. The number of likely N-dealkylation sites (tertiary alicyclic amines) is 1. The van der Waals surface area contributed by atoms with E-state index >= 15 is 0 Å². The Morgan fingerprint density at radius 1 is 0.932 bits per heavy atom. The summed E-state index contributed by atoms with van der Waals surface area (Å²) in [4.78, 5) is 68.4. The highest BCUT2D eigenvalue weighted by molar-refractivity contribution is 8.00. The number of hydrogen-bond acceptors (Lipinski definition) is 14. The van der Waals surface area contributed by atoms with Crippen molar-refractivity contribution in [3.05, 3.63) is 110 Å². The summed E-state index contributed by atoms with van der Waals surface area (Å²) in [5, 5.41) is 9.78. The molecule has 3 aliphatic heterocycles. The zero-order valence-corrected chi connectivity index (χ0v) is 45.8. The number of benzene rings is 3. The third kappa shape index (κ3) is 12.7.